The monoisotopic (exact) mass is 583 g/mol. The zero-order valence-electron chi connectivity index (χ0n) is 22.0. The Balaban J connectivity index is 1.82. The van der Waals surface area contributed by atoms with Gasteiger partial charge in [0.2, 0.25) is 5.78 Å². The summed E-state index contributed by atoms with van der Waals surface area (Å²) in [4.78, 5) is 49.1. The van der Waals surface area contributed by atoms with Gasteiger partial charge >= 0.3 is 11.9 Å². The van der Waals surface area contributed by atoms with Crippen LogP contribution in [0.3, 0.4) is 0 Å². The molecule has 0 unspecified atom stereocenters. The predicted molar refractivity (Wildman–Crippen MR) is 136 cm³/mol. The first kappa shape index (κ1) is 31.7. The molecule has 0 radical (unpaired) electrons. The number of nitro benzene ring substituents is 1. The maximum atomic E-state index is 12.5. The van der Waals surface area contributed by atoms with Crippen LogP contribution in [0.5, 0.6) is 0 Å². The molecule has 222 valence electrons. The fourth-order valence-corrected chi connectivity index (χ4v) is 4.22. The van der Waals surface area contributed by atoms with Crippen LogP contribution in [0.1, 0.15) is 62.1 Å². The number of halogens is 3. The first-order valence-corrected chi connectivity index (χ1v) is 12.5. The van der Waals surface area contributed by atoms with E-state index in [9.17, 15) is 47.9 Å². The van der Waals surface area contributed by atoms with Crippen molar-refractivity contribution in [3.05, 3.63) is 72.0 Å². The molecule has 0 amide bonds. The number of Topliss-reactive ketones (excluding diaryl/α,β-unsaturated/α-hetero) is 1. The SMILES string of the molecule is CC(C)[C@@H](OCc1cn([C@H]2C[C@@H](O)[C@@H](CO)O2)c(=O)[nH]c1=O)c1ccc(C#CCCC(=O)C(F)(F)F)cc1[N+](=O)[O-]. The molecule has 0 saturated carbocycles. The third kappa shape index (κ3) is 7.88. The molecule has 1 saturated heterocycles. The highest BCUT2D eigenvalue weighted by molar-refractivity contribution is 5.84. The Hall–Kier alpha value is -3.84. The molecule has 0 aliphatic carbocycles. The van der Waals surface area contributed by atoms with Crippen molar-refractivity contribution in [1.82, 2.24) is 9.55 Å². The van der Waals surface area contributed by atoms with Crippen LogP contribution in [0.2, 0.25) is 0 Å². The van der Waals surface area contributed by atoms with Gasteiger partial charge in [-0.05, 0) is 18.1 Å². The van der Waals surface area contributed by atoms with E-state index in [0.717, 1.165) is 10.6 Å². The second-order valence-corrected chi connectivity index (χ2v) is 9.66. The van der Waals surface area contributed by atoms with Crippen LogP contribution < -0.4 is 11.2 Å². The summed E-state index contributed by atoms with van der Waals surface area (Å²) in [6, 6.07) is 3.95. The minimum absolute atomic E-state index is 0.000618. The normalized spacial score (nSPS) is 19.6. The van der Waals surface area contributed by atoms with Gasteiger partial charge in [0.25, 0.3) is 11.2 Å². The second kappa shape index (κ2) is 13.2. The topological polar surface area (TPSA) is 174 Å². The van der Waals surface area contributed by atoms with Crippen molar-refractivity contribution in [2.75, 3.05) is 6.61 Å². The summed E-state index contributed by atoms with van der Waals surface area (Å²) >= 11 is 0. The molecule has 4 atom stereocenters. The maximum absolute atomic E-state index is 12.5. The minimum atomic E-state index is -4.95. The van der Waals surface area contributed by atoms with Crippen molar-refractivity contribution < 1.29 is 42.6 Å². The van der Waals surface area contributed by atoms with E-state index < -0.39 is 65.7 Å². The number of H-pyrrole nitrogens is 1. The summed E-state index contributed by atoms with van der Waals surface area (Å²) in [5, 5.41) is 31.1. The van der Waals surface area contributed by atoms with E-state index in [-0.39, 0.29) is 47.7 Å². The number of hydrogen-bond acceptors (Lipinski definition) is 9. The van der Waals surface area contributed by atoms with Crippen LogP contribution in [0.25, 0.3) is 0 Å². The lowest BCUT2D eigenvalue weighted by Gasteiger charge is -2.22. The number of rotatable bonds is 10. The van der Waals surface area contributed by atoms with Gasteiger partial charge < -0.3 is 19.7 Å². The predicted octanol–water partition coefficient (Wildman–Crippen LogP) is 2.26. The third-order valence-corrected chi connectivity index (χ3v) is 6.32. The molecule has 3 rings (SSSR count). The Morgan fingerprint density at radius 1 is 1.34 bits per heavy atom. The summed E-state index contributed by atoms with van der Waals surface area (Å²) < 4.78 is 49.4. The zero-order valence-corrected chi connectivity index (χ0v) is 22.0. The van der Waals surface area contributed by atoms with Crippen molar-refractivity contribution in [2.45, 2.75) is 70.4 Å². The summed E-state index contributed by atoms with van der Waals surface area (Å²) in [6.45, 7) is 2.63. The number of nitrogens with zero attached hydrogens (tertiary/aromatic N) is 2. The lowest BCUT2D eigenvalue weighted by Crippen LogP contribution is -2.34. The van der Waals surface area contributed by atoms with Gasteiger partial charge in [-0.2, -0.15) is 13.2 Å². The lowest BCUT2D eigenvalue weighted by atomic mass is 9.96. The number of ether oxygens (including phenoxy) is 2. The number of aromatic nitrogens is 2. The first-order valence-electron chi connectivity index (χ1n) is 12.5. The molecule has 2 aromatic rings. The van der Waals surface area contributed by atoms with E-state index in [0.29, 0.717) is 0 Å². The smallest absolute Gasteiger partial charge is 0.394 e. The van der Waals surface area contributed by atoms with Crippen LogP contribution in [-0.2, 0) is 20.9 Å². The second-order valence-electron chi connectivity index (χ2n) is 9.66. The maximum Gasteiger partial charge on any atom is 0.450 e. The molecule has 1 aromatic heterocycles. The molecule has 0 bridgehead atoms. The number of hydrogen-bond donors (Lipinski definition) is 3. The van der Waals surface area contributed by atoms with Crippen molar-refractivity contribution in [2.24, 2.45) is 5.92 Å². The highest BCUT2D eigenvalue weighted by atomic mass is 19.4. The first-order chi connectivity index (χ1) is 19.2. The van der Waals surface area contributed by atoms with Crippen LogP contribution in [0.15, 0.2) is 34.0 Å². The highest BCUT2D eigenvalue weighted by Crippen LogP contribution is 2.34. The number of carbonyl (C=O) groups is 1. The van der Waals surface area contributed by atoms with Crippen LogP contribution in [0.4, 0.5) is 18.9 Å². The minimum Gasteiger partial charge on any atom is -0.394 e. The van der Waals surface area contributed by atoms with Gasteiger partial charge in [-0.15, -0.1) is 0 Å². The van der Waals surface area contributed by atoms with Gasteiger partial charge in [-0.1, -0.05) is 25.7 Å². The Morgan fingerprint density at radius 2 is 2.05 bits per heavy atom. The molecule has 1 aromatic carbocycles. The molecule has 0 spiro atoms. The van der Waals surface area contributed by atoms with E-state index >= 15 is 0 Å². The number of alkyl halides is 3. The van der Waals surface area contributed by atoms with E-state index in [1.54, 1.807) is 13.8 Å². The number of carbonyl (C=O) groups excluding carboxylic acids is 1. The Bertz CT molecular complexity index is 1460. The number of aliphatic hydroxyl groups excluding tert-OH is 2. The van der Waals surface area contributed by atoms with Gasteiger partial charge in [0.1, 0.15) is 12.3 Å². The molecule has 41 heavy (non-hydrogen) atoms. The molecule has 12 nitrogen and oxygen atoms in total. The van der Waals surface area contributed by atoms with Crippen molar-refractivity contribution in [3.8, 4) is 11.8 Å². The average molecular weight is 584 g/mol. The zero-order chi connectivity index (χ0) is 30.5. The highest BCUT2D eigenvalue weighted by Gasteiger charge is 2.37. The number of nitrogens with one attached hydrogen (secondary N) is 1. The number of aromatic amines is 1. The van der Waals surface area contributed by atoms with Crippen LogP contribution >= 0.6 is 0 Å². The van der Waals surface area contributed by atoms with E-state index in [4.69, 9.17) is 9.47 Å². The molecule has 15 heteroatoms. The average Bonchev–Trinajstić information content (AvgIpc) is 3.27. The standard InChI is InChI=1S/C26H28F3N3O9/c1-14(2)23(17-8-7-15(9-18(17)32(38)39)5-3-4-6-21(35)26(27,28)29)40-13-16-11-31(25(37)30-24(16)36)22-10-19(34)20(12-33)41-22/h7-9,11,14,19-20,22-23,33-34H,4,6,10,12-13H2,1-2H3,(H,30,36,37)/t19-,20-,22-,23-/m1/s1. The summed E-state index contributed by atoms with van der Waals surface area (Å²) in [7, 11) is 0. The Morgan fingerprint density at radius 3 is 2.63 bits per heavy atom. The van der Waals surface area contributed by atoms with E-state index in [1.807, 2.05) is 0 Å². The van der Waals surface area contributed by atoms with Crippen LogP contribution in [-0.4, -0.2) is 55.5 Å². The van der Waals surface area contributed by atoms with Crippen LogP contribution in [0, 0.1) is 27.9 Å². The number of aliphatic hydroxyl groups is 2. The van der Waals surface area contributed by atoms with Gasteiger partial charge in [-0.3, -0.25) is 29.3 Å². The lowest BCUT2D eigenvalue weighted by molar-refractivity contribution is -0.386. The number of benzene rings is 1. The largest absolute Gasteiger partial charge is 0.450 e. The molecule has 1 aliphatic rings. The molecular weight excluding hydrogens is 555 g/mol. The third-order valence-electron chi connectivity index (χ3n) is 6.32. The fraction of sp³-hybridized carbons (Fsp3) is 0.500. The van der Waals surface area contributed by atoms with Gasteiger partial charge in [0.05, 0.1) is 41.5 Å². The molecule has 2 heterocycles. The summed E-state index contributed by atoms with van der Waals surface area (Å²) in [6.07, 6.45) is -8.75. The van der Waals surface area contributed by atoms with E-state index in [1.165, 1.54) is 18.3 Å². The van der Waals surface area contributed by atoms with Crippen molar-refractivity contribution in [3.63, 3.8) is 0 Å². The Labute approximate surface area is 230 Å². The molecule has 3 N–H and O–H groups in total. The van der Waals surface area contributed by atoms with Gasteiger partial charge in [0.15, 0.2) is 0 Å². The molecule has 1 fully saturated rings. The quantitative estimate of drug-likeness (QED) is 0.215. The summed E-state index contributed by atoms with van der Waals surface area (Å²) in [5.74, 6) is 2.68. The number of nitro groups is 1. The fourth-order valence-electron chi connectivity index (χ4n) is 4.22. The van der Waals surface area contributed by atoms with Gasteiger partial charge in [-0.25, -0.2) is 4.79 Å². The van der Waals surface area contributed by atoms with E-state index in [2.05, 4.69) is 16.8 Å². The molecular formula is C26H28F3N3O9. The Kier molecular flexibility index (Phi) is 10.2. The summed E-state index contributed by atoms with van der Waals surface area (Å²) in [5.41, 5.74) is -1.63. The van der Waals surface area contributed by atoms with Gasteiger partial charge in [0, 0.05) is 37.1 Å². The van der Waals surface area contributed by atoms with Crippen molar-refractivity contribution in [1.29, 1.82) is 0 Å². The van der Waals surface area contributed by atoms with Crippen molar-refractivity contribution >= 4 is 11.5 Å². The number of ketones is 1. The molecule has 1 aliphatic heterocycles.